The van der Waals surface area contributed by atoms with Gasteiger partial charge in [0.2, 0.25) is 5.88 Å². The molecule has 1 aliphatic rings. The lowest BCUT2D eigenvalue weighted by Gasteiger charge is -2.33. The SMILES string of the molecule is CCNC(=NCc1ccc(OC(C)C)nc1)NC1CCN(c2cccs2)CC1. The maximum Gasteiger partial charge on any atom is 0.213 e. The minimum Gasteiger partial charge on any atom is -0.475 e. The van der Waals surface area contributed by atoms with E-state index < -0.39 is 0 Å². The van der Waals surface area contributed by atoms with Gasteiger partial charge in [0, 0.05) is 37.9 Å². The number of aliphatic imine (C=N–C) groups is 1. The normalized spacial score (nSPS) is 15.7. The van der Waals surface area contributed by atoms with Crippen molar-refractivity contribution in [2.45, 2.75) is 52.3 Å². The van der Waals surface area contributed by atoms with Gasteiger partial charge in [0.25, 0.3) is 0 Å². The third-order valence-corrected chi connectivity index (χ3v) is 5.50. The largest absolute Gasteiger partial charge is 0.475 e. The van der Waals surface area contributed by atoms with E-state index in [0.717, 1.165) is 44.0 Å². The van der Waals surface area contributed by atoms with Gasteiger partial charge < -0.3 is 20.3 Å². The van der Waals surface area contributed by atoms with Gasteiger partial charge in [-0.1, -0.05) is 6.07 Å². The number of ether oxygens (including phenoxy) is 1. The standard InChI is InChI=1S/C21H31N5OS/c1-4-22-21(24-15-17-7-8-19(23-14-17)27-16(2)3)25-18-9-11-26(12-10-18)20-6-5-13-28-20/h5-8,13-14,16,18H,4,9-12,15H2,1-3H3,(H2,22,24,25). The van der Waals surface area contributed by atoms with Crippen molar-refractivity contribution >= 4 is 22.3 Å². The van der Waals surface area contributed by atoms with Crippen LogP contribution in [0.1, 0.15) is 39.2 Å². The molecule has 2 N–H and O–H groups in total. The summed E-state index contributed by atoms with van der Waals surface area (Å²) in [5.41, 5.74) is 1.07. The molecule has 0 unspecified atom stereocenters. The lowest BCUT2D eigenvalue weighted by molar-refractivity contribution is 0.232. The summed E-state index contributed by atoms with van der Waals surface area (Å²) in [4.78, 5) is 11.6. The van der Waals surface area contributed by atoms with Gasteiger partial charge >= 0.3 is 0 Å². The molecular formula is C21H31N5OS. The quantitative estimate of drug-likeness (QED) is 0.548. The number of piperidine rings is 1. The van der Waals surface area contributed by atoms with E-state index in [1.54, 1.807) is 0 Å². The summed E-state index contributed by atoms with van der Waals surface area (Å²) in [6.45, 7) is 9.70. The highest BCUT2D eigenvalue weighted by molar-refractivity contribution is 7.14. The number of nitrogens with one attached hydrogen (secondary N) is 2. The second-order valence-electron chi connectivity index (χ2n) is 7.22. The minimum atomic E-state index is 0.132. The van der Waals surface area contributed by atoms with Gasteiger partial charge in [-0.05, 0) is 56.7 Å². The summed E-state index contributed by atoms with van der Waals surface area (Å²) in [6, 6.07) is 8.71. The first-order chi connectivity index (χ1) is 13.6. The van der Waals surface area contributed by atoms with E-state index in [-0.39, 0.29) is 6.10 Å². The highest BCUT2D eigenvalue weighted by Gasteiger charge is 2.20. The topological polar surface area (TPSA) is 61.8 Å². The van der Waals surface area contributed by atoms with Crippen LogP contribution in [-0.2, 0) is 6.54 Å². The first kappa shape index (κ1) is 20.5. The van der Waals surface area contributed by atoms with E-state index >= 15 is 0 Å². The Labute approximate surface area is 172 Å². The van der Waals surface area contributed by atoms with Crippen molar-refractivity contribution in [3.63, 3.8) is 0 Å². The first-order valence-electron chi connectivity index (χ1n) is 10.1. The van der Waals surface area contributed by atoms with Crippen molar-refractivity contribution in [3.05, 3.63) is 41.4 Å². The van der Waals surface area contributed by atoms with Gasteiger partial charge in [0.1, 0.15) is 0 Å². The maximum absolute atomic E-state index is 5.59. The molecule has 3 heterocycles. The van der Waals surface area contributed by atoms with Crippen LogP contribution in [0.3, 0.4) is 0 Å². The van der Waals surface area contributed by atoms with Crippen molar-refractivity contribution in [2.75, 3.05) is 24.5 Å². The Morgan fingerprint density at radius 1 is 1.32 bits per heavy atom. The average molecular weight is 402 g/mol. The molecule has 0 aliphatic carbocycles. The number of pyridine rings is 1. The van der Waals surface area contributed by atoms with Crippen LogP contribution in [-0.4, -0.2) is 42.7 Å². The first-order valence-corrected chi connectivity index (χ1v) is 11.0. The van der Waals surface area contributed by atoms with Crippen molar-refractivity contribution in [2.24, 2.45) is 4.99 Å². The number of guanidine groups is 1. The Kier molecular flexibility index (Phi) is 7.54. The monoisotopic (exact) mass is 401 g/mol. The Morgan fingerprint density at radius 2 is 2.14 bits per heavy atom. The molecule has 1 saturated heterocycles. The van der Waals surface area contributed by atoms with Crippen LogP contribution in [0.25, 0.3) is 0 Å². The summed E-state index contributed by atoms with van der Waals surface area (Å²) >= 11 is 1.82. The second-order valence-corrected chi connectivity index (χ2v) is 8.15. The molecule has 3 rings (SSSR count). The number of anilines is 1. The molecule has 152 valence electrons. The number of hydrogen-bond acceptors (Lipinski definition) is 5. The van der Waals surface area contributed by atoms with Gasteiger partial charge in [-0.3, -0.25) is 0 Å². The Bertz CT molecular complexity index is 722. The van der Waals surface area contributed by atoms with Crippen LogP contribution in [0.4, 0.5) is 5.00 Å². The molecule has 0 bridgehead atoms. The summed E-state index contributed by atoms with van der Waals surface area (Å²) in [6.07, 6.45) is 4.20. The summed E-state index contributed by atoms with van der Waals surface area (Å²) in [7, 11) is 0. The van der Waals surface area contributed by atoms with Gasteiger partial charge in [0.05, 0.1) is 17.6 Å². The molecule has 2 aromatic rings. The lowest BCUT2D eigenvalue weighted by Crippen LogP contribution is -2.48. The van der Waals surface area contributed by atoms with Crippen molar-refractivity contribution in [1.82, 2.24) is 15.6 Å². The molecule has 7 heteroatoms. The van der Waals surface area contributed by atoms with Crippen LogP contribution < -0.4 is 20.3 Å². The average Bonchev–Trinajstić information content (AvgIpc) is 3.22. The zero-order chi connectivity index (χ0) is 19.8. The number of rotatable bonds is 7. The fourth-order valence-corrected chi connectivity index (χ4v) is 3.98. The number of hydrogen-bond donors (Lipinski definition) is 2. The van der Waals surface area contributed by atoms with Gasteiger partial charge in [-0.15, -0.1) is 11.3 Å². The zero-order valence-electron chi connectivity index (χ0n) is 17.0. The summed E-state index contributed by atoms with van der Waals surface area (Å²) in [5, 5.41) is 10.5. The summed E-state index contributed by atoms with van der Waals surface area (Å²) < 4.78 is 5.59. The van der Waals surface area contributed by atoms with Crippen LogP contribution in [0.5, 0.6) is 5.88 Å². The molecule has 1 fully saturated rings. The highest BCUT2D eigenvalue weighted by Crippen LogP contribution is 2.24. The van der Waals surface area contributed by atoms with Crippen LogP contribution in [0, 0.1) is 0 Å². The fraction of sp³-hybridized carbons (Fsp3) is 0.524. The smallest absolute Gasteiger partial charge is 0.213 e. The molecule has 1 aliphatic heterocycles. The predicted octanol–water partition coefficient (Wildman–Crippen LogP) is 3.65. The summed E-state index contributed by atoms with van der Waals surface area (Å²) in [5.74, 6) is 1.53. The van der Waals surface area contributed by atoms with Crippen LogP contribution in [0.2, 0.25) is 0 Å². The van der Waals surface area contributed by atoms with E-state index in [4.69, 9.17) is 9.73 Å². The number of nitrogens with zero attached hydrogens (tertiary/aromatic N) is 3. The molecule has 0 aromatic carbocycles. The predicted molar refractivity (Wildman–Crippen MR) is 118 cm³/mol. The lowest BCUT2D eigenvalue weighted by atomic mass is 10.1. The van der Waals surface area contributed by atoms with Crippen LogP contribution >= 0.6 is 11.3 Å². The Morgan fingerprint density at radius 3 is 2.75 bits per heavy atom. The van der Waals surface area contributed by atoms with Crippen molar-refractivity contribution in [1.29, 1.82) is 0 Å². The number of thiophene rings is 1. The molecule has 0 saturated carbocycles. The van der Waals surface area contributed by atoms with Crippen molar-refractivity contribution < 1.29 is 4.74 Å². The fourth-order valence-electron chi connectivity index (χ4n) is 3.19. The Balaban J connectivity index is 1.51. The molecule has 0 amide bonds. The molecule has 2 aromatic heterocycles. The molecule has 28 heavy (non-hydrogen) atoms. The molecule has 0 radical (unpaired) electrons. The van der Waals surface area contributed by atoms with Crippen molar-refractivity contribution in [3.8, 4) is 5.88 Å². The molecule has 0 atom stereocenters. The highest BCUT2D eigenvalue weighted by atomic mass is 32.1. The van der Waals surface area contributed by atoms with E-state index in [2.05, 4.69) is 45.0 Å². The van der Waals surface area contributed by atoms with Gasteiger partial charge in [-0.25, -0.2) is 9.98 Å². The molecule has 6 nitrogen and oxygen atoms in total. The van der Waals surface area contributed by atoms with E-state index in [9.17, 15) is 0 Å². The minimum absolute atomic E-state index is 0.132. The Hall–Kier alpha value is -2.28. The third kappa shape index (κ3) is 6.12. The number of aromatic nitrogens is 1. The zero-order valence-corrected chi connectivity index (χ0v) is 17.8. The molecular weight excluding hydrogens is 370 g/mol. The maximum atomic E-state index is 5.59. The third-order valence-electron chi connectivity index (χ3n) is 4.57. The van der Waals surface area contributed by atoms with E-state index in [1.807, 2.05) is 43.5 Å². The van der Waals surface area contributed by atoms with Gasteiger partial charge in [0.15, 0.2) is 5.96 Å². The second kappa shape index (κ2) is 10.3. The van der Waals surface area contributed by atoms with Gasteiger partial charge in [-0.2, -0.15) is 0 Å². The molecule has 0 spiro atoms. The van der Waals surface area contributed by atoms with Crippen LogP contribution in [0.15, 0.2) is 40.8 Å². The van der Waals surface area contributed by atoms with E-state index in [1.165, 1.54) is 5.00 Å². The van der Waals surface area contributed by atoms with E-state index in [0.29, 0.717) is 18.5 Å².